The van der Waals surface area contributed by atoms with Gasteiger partial charge in [-0.15, -0.1) is 0 Å². The largest absolute Gasteiger partial charge is 0.293 e. The topological polar surface area (TPSA) is 40.6 Å². The van der Waals surface area contributed by atoms with Crippen molar-refractivity contribution in [2.45, 2.75) is 13.8 Å². The van der Waals surface area contributed by atoms with Crippen LogP contribution in [0.5, 0.6) is 0 Å². The number of carbonyl (C=O) groups is 2. The smallest absolute Gasteiger partial charge is 0.267 e. The van der Waals surface area contributed by atoms with Crippen molar-refractivity contribution in [2.75, 3.05) is 11.4 Å². The van der Waals surface area contributed by atoms with Gasteiger partial charge in [0.2, 0.25) is 5.91 Å². The fourth-order valence-corrected chi connectivity index (χ4v) is 3.16. The molecule has 0 spiro atoms. The molecule has 0 aliphatic carbocycles. The number of hydrogen-bond acceptors (Lipinski definition) is 4. The highest BCUT2D eigenvalue weighted by Crippen LogP contribution is 2.31. The maximum atomic E-state index is 12.1. The predicted octanol–water partition coefficient (Wildman–Crippen LogP) is 2.76. The summed E-state index contributed by atoms with van der Waals surface area (Å²) in [7, 11) is 0. The minimum atomic E-state index is -0.155. The minimum Gasteiger partial charge on any atom is -0.293 e. The zero-order valence-corrected chi connectivity index (χ0v) is 12.8. The van der Waals surface area contributed by atoms with Crippen molar-refractivity contribution >= 4 is 45.8 Å². The van der Waals surface area contributed by atoms with E-state index in [4.69, 9.17) is 12.2 Å². The molecule has 2 amide bonds. The van der Waals surface area contributed by atoms with E-state index in [1.807, 2.05) is 37.3 Å². The highest BCUT2D eigenvalue weighted by Gasteiger charge is 2.31. The van der Waals surface area contributed by atoms with E-state index in [0.717, 1.165) is 5.69 Å². The molecule has 1 aliphatic heterocycles. The summed E-state index contributed by atoms with van der Waals surface area (Å²) in [6, 6.07) is 9.20. The number of hydrogen-bond donors (Lipinski definition) is 0. The Kier molecular flexibility index (Phi) is 4.57. The van der Waals surface area contributed by atoms with Gasteiger partial charge < -0.3 is 0 Å². The van der Waals surface area contributed by atoms with E-state index in [-0.39, 0.29) is 11.8 Å². The molecule has 1 aromatic carbocycles. The van der Waals surface area contributed by atoms with Crippen molar-refractivity contribution in [1.82, 2.24) is 4.90 Å². The average Bonchev–Trinajstić information content (AvgIpc) is 2.70. The lowest BCUT2D eigenvalue weighted by molar-refractivity contribution is -0.122. The first-order valence-electron chi connectivity index (χ1n) is 6.15. The molecule has 104 valence electrons. The van der Waals surface area contributed by atoms with Gasteiger partial charge in [-0.05, 0) is 19.1 Å². The summed E-state index contributed by atoms with van der Waals surface area (Å²) in [5, 5.41) is 0. The first-order chi connectivity index (χ1) is 9.54. The molecule has 6 heteroatoms. The molecule has 1 aromatic rings. The Hall–Kier alpha value is -1.66. The Morgan fingerprint density at radius 3 is 2.55 bits per heavy atom. The van der Waals surface area contributed by atoms with Crippen LogP contribution >= 0.6 is 24.0 Å². The van der Waals surface area contributed by atoms with Gasteiger partial charge in [0.15, 0.2) is 0 Å². The molecule has 0 aromatic heterocycles. The molecule has 1 heterocycles. The number of nitrogens with zero attached hydrogens (tertiary/aromatic N) is 2. The van der Waals surface area contributed by atoms with E-state index in [9.17, 15) is 9.59 Å². The molecule has 0 radical (unpaired) electrons. The van der Waals surface area contributed by atoms with E-state index in [0.29, 0.717) is 15.8 Å². The fraction of sp³-hybridized carbons (Fsp3) is 0.214. The molecule has 0 saturated carbocycles. The normalized spacial score (nSPS) is 16.9. The predicted molar refractivity (Wildman–Crippen MR) is 85.3 cm³/mol. The molecule has 4 nitrogen and oxygen atoms in total. The molecule has 2 rings (SSSR count). The average molecular weight is 306 g/mol. The van der Waals surface area contributed by atoms with Gasteiger partial charge in [0.25, 0.3) is 5.91 Å². The fourth-order valence-electron chi connectivity index (χ4n) is 1.82. The van der Waals surface area contributed by atoms with Crippen molar-refractivity contribution in [3.05, 3.63) is 41.4 Å². The van der Waals surface area contributed by atoms with E-state index in [1.165, 1.54) is 28.5 Å². The zero-order chi connectivity index (χ0) is 14.7. The van der Waals surface area contributed by atoms with Crippen molar-refractivity contribution in [3.8, 4) is 0 Å². The Labute approximate surface area is 127 Å². The first kappa shape index (κ1) is 14.7. The van der Waals surface area contributed by atoms with E-state index >= 15 is 0 Å². The number of thioether (sulfide) groups is 1. The van der Waals surface area contributed by atoms with Crippen LogP contribution in [0.2, 0.25) is 0 Å². The molecule has 0 unspecified atom stereocenters. The van der Waals surface area contributed by atoms with Crippen LogP contribution < -0.4 is 4.90 Å². The number of thiocarbonyl (C=S) groups is 1. The Bertz CT molecular complexity index is 584. The second-order valence-corrected chi connectivity index (χ2v) is 5.81. The SMILES string of the molecule is CCN1C(=O)/C(=C\N(C(C)=O)c2ccccc2)SC1=S. The van der Waals surface area contributed by atoms with Crippen molar-refractivity contribution < 1.29 is 9.59 Å². The number of carbonyl (C=O) groups excluding carboxylic acids is 2. The van der Waals surface area contributed by atoms with Gasteiger partial charge in [-0.1, -0.05) is 42.2 Å². The molecule has 20 heavy (non-hydrogen) atoms. The van der Waals surface area contributed by atoms with Crippen LogP contribution in [0.4, 0.5) is 5.69 Å². The van der Waals surface area contributed by atoms with Crippen molar-refractivity contribution in [1.29, 1.82) is 0 Å². The van der Waals surface area contributed by atoms with Crippen LogP contribution in [0.15, 0.2) is 41.4 Å². The number of rotatable bonds is 3. The number of anilines is 1. The minimum absolute atomic E-state index is 0.148. The van der Waals surface area contributed by atoms with E-state index < -0.39 is 0 Å². The Balaban J connectivity index is 2.34. The molecular formula is C14H14N2O2S2. The summed E-state index contributed by atoms with van der Waals surface area (Å²) in [6.45, 7) is 3.87. The molecule has 1 saturated heterocycles. The monoisotopic (exact) mass is 306 g/mol. The third-order valence-corrected chi connectivity index (χ3v) is 4.18. The maximum Gasteiger partial charge on any atom is 0.267 e. The van der Waals surface area contributed by atoms with E-state index in [1.54, 1.807) is 6.20 Å². The van der Waals surface area contributed by atoms with Crippen LogP contribution in [0.1, 0.15) is 13.8 Å². The van der Waals surface area contributed by atoms with Gasteiger partial charge in [-0.2, -0.15) is 0 Å². The lowest BCUT2D eigenvalue weighted by Gasteiger charge is -2.17. The quantitative estimate of drug-likeness (QED) is 0.636. The van der Waals surface area contributed by atoms with Gasteiger partial charge in [0, 0.05) is 25.4 Å². The molecule has 0 atom stereocenters. The highest BCUT2D eigenvalue weighted by atomic mass is 32.2. The van der Waals surface area contributed by atoms with Crippen LogP contribution in [-0.2, 0) is 9.59 Å². The van der Waals surface area contributed by atoms with Gasteiger partial charge in [-0.3, -0.25) is 19.4 Å². The number of likely N-dealkylation sites (N-methyl/N-ethyl adjacent to an activating group) is 1. The second kappa shape index (κ2) is 6.19. The third kappa shape index (κ3) is 2.91. The number of para-hydroxylation sites is 1. The molecular weight excluding hydrogens is 292 g/mol. The summed E-state index contributed by atoms with van der Waals surface area (Å²) in [4.78, 5) is 27.4. The van der Waals surface area contributed by atoms with E-state index in [2.05, 4.69) is 0 Å². The molecule has 1 fully saturated rings. The maximum absolute atomic E-state index is 12.1. The summed E-state index contributed by atoms with van der Waals surface area (Å²) in [5.41, 5.74) is 0.724. The lowest BCUT2D eigenvalue weighted by atomic mass is 10.3. The molecule has 0 N–H and O–H groups in total. The number of benzene rings is 1. The van der Waals surface area contributed by atoms with Crippen LogP contribution in [0.3, 0.4) is 0 Å². The standard InChI is InChI=1S/C14H14N2O2S2/c1-3-15-13(18)12(20-14(15)19)9-16(10(2)17)11-7-5-4-6-8-11/h4-9H,3H2,1-2H3/b12-9+. The highest BCUT2D eigenvalue weighted by molar-refractivity contribution is 8.26. The Morgan fingerprint density at radius 1 is 1.40 bits per heavy atom. The van der Waals surface area contributed by atoms with Crippen LogP contribution in [-0.4, -0.2) is 27.6 Å². The van der Waals surface area contributed by atoms with Gasteiger partial charge in [0.05, 0.1) is 4.91 Å². The van der Waals surface area contributed by atoms with Gasteiger partial charge >= 0.3 is 0 Å². The Morgan fingerprint density at radius 2 is 2.05 bits per heavy atom. The van der Waals surface area contributed by atoms with Gasteiger partial charge in [-0.25, -0.2) is 0 Å². The summed E-state index contributed by atoms with van der Waals surface area (Å²) < 4.78 is 0.528. The molecule has 0 bridgehead atoms. The van der Waals surface area contributed by atoms with Crippen LogP contribution in [0.25, 0.3) is 0 Å². The molecule has 1 aliphatic rings. The summed E-state index contributed by atoms with van der Waals surface area (Å²) in [5.74, 6) is -0.303. The second-order valence-electron chi connectivity index (χ2n) is 4.14. The zero-order valence-electron chi connectivity index (χ0n) is 11.2. The first-order valence-corrected chi connectivity index (χ1v) is 7.37. The van der Waals surface area contributed by atoms with Gasteiger partial charge in [0.1, 0.15) is 4.32 Å². The van der Waals surface area contributed by atoms with Crippen molar-refractivity contribution in [3.63, 3.8) is 0 Å². The summed E-state index contributed by atoms with van der Waals surface area (Å²) in [6.07, 6.45) is 1.56. The third-order valence-electron chi connectivity index (χ3n) is 2.81. The lowest BCUT2D eigenvalue weighted by Crippen LogP contribution is -2.28. The number of amides is 2. The van der Waals surface area contributed by atoms with Crippen LogP contribution in [0, 0.1) is 0 Å². The summed E-state index contributed by atoms with van der Waals surface area (Å²) >= 11 is 6.37. The van der Waals surface area contributed by atoms with Crippen molar-refractivity contribution in [2.24, 2.45) is 0 Å².